The van der Waals surface area contributed by atoms with Gasteiger partial charge in [-0.05, 0) is 12.3 Å². The summed E-state index contributed by atoms with van der Waals surface area (Å²) in [5, 5.41) is 18.6. The van der Waals surface area contributed by atoms with Gasteiger partial charge < -0.3 is 15.3 Å². The molecule has 1 rings (SSSR count). The fourth-order valence-corrected chi connectivity index (χ4v) is 1.47. The molecule has 0 fully saturated rings. The molecule has 1 aromatic heterocycles. The van der Waals surface area contributed by atoms with Crippen molar-refractivity contribution in [1.29, 1.82) is 0 Å². The fraction of sp³-hybridized carbons (Fsp3) is 0.667. The lowest BCUT2D eigenvalue weighted by molar-refractivity contribution is 0.0690. The number of rotatable bonds is 7. The highest BCUT2D eigenvalue weighted by atomic mass is 16.4. The monoisotopic (exact) mass is 283 g/mol. The molecule has 0 aromatic carbocycles. The Morgan fingerprint density at radius 3 is 2.75 bits per heavy atom. The number of hydrogen-bond acceptors (Lipinski definition) is 4. The summed E-state index contributed by atoms with van der Waals surface area (Å²) < 4.78 is 1.39. The van der Waals surface area contributed by atoms with E-state index in [1.165, 1.54) is 10.9 Å². The van der Waals surface area contributed by atoms with Crippen molar-refractivity contribution in [3.05, 3.63) is 11.9 Å². The van der Waals surface area contributed by atoms with E-state index in [4.69, 9.17) is 5.11 Å². The van der Waals surface area contributed by atoms with Crippen LogP contribution in [0.15, 0.2) is 6.20 Å². The SMILES string of the molecule is CC(C)CCN(C)C(=O)NCCn1cc(C(=O)O)nn1. The Kier molecular flexibility index (Phi) is 5.95. The van der Waals surface area contributed by atoms with Crippen LogP contribution in [0.3, 0.4) is 0 Å². The molecule has 0 bridgehead atoms. The Labute approximate surface area is 117 Å². The van der Waals surface area contributed by atoms with Gasteiger partial charge in [-0.15, -0.1) is 5.10 Å². The Hall–Kier alpha value is -2.12. The first kappa shape index (κ1) is 15.9. The minimum atomic E-state index is -1.12. The van der Waals surface area contributed by atoms with E-state index in [0.717, 1.165) is 6.42 Å². The minimum absolute atomic E-state index is 0.106. The number of amides is 2. The largest absolute Gasteiger partial charge is 0.476 e. The first-order valence-corrected chi connectivity index (χ1v) is 6.52. The van der Waals surface area contributed by atoms with Crippen molar-refractivity contribution in [1.82, 2.24) is 25.2 Å². The molecule has 0 radical (unpaired) electrons. The maximum absolute atomic E-state index is 11.7. The lowest BCUT2D eigenvalue weighted by atomic mass is 10.1. The standard InChI is InChI=1S/C12H21N5O3/c1-9(2)4-6-16(3)12(20)13-5-7-17-8-10(11(18)19)14-15-17/h8-9H,4-7H2,1-3H3,(H,13,20)(H,18,19). The van der Waals surface area contributed by atoms with Crippen molar-refractivity contribution in [2.45, 2.75) is 26.8 Å². The molecule has 8 heteroatoms. The highest BCUT2D eigenvalue weighted by Gasteiger charge is 2.10. The second-order valence-corrected chi connectivity index (χ2v) is 5.01. The molecule has 2 amide bonds. The van der Waals surface area contributed by atoms with E-state index in [-0.39, 0.29) is 11.7 Å². The number of aromatic carboxylic acids is 1. The van der Waals surface area contributed by atoms with Crippen LogP contribution in [0.5, 0.6) is 0 Å². The molecule has 1 aromatic rings. The third-order valence-electron chi connectivity index (χ3n) is 2.76. The third kappa shape index (κ3) is 5.25. The van der Waals surface area contributed by atoms with Crippen molar-refractivity contribution in [3.8, 4) is 0 Å². The lowest BCUT2D eigenvalue weighted by Crippen LogP contribution is -2.39. The summed E-state index contributed by atoms with van der Waals surface area (Å²) in [6, 6.07) is -0.149. The Morgan fingerprint density at radius 1 is 1.50 bits per heavy atom. The zero-order chi connectivity index (χ0) is 15.1. The van der Waals surface area contributed by atoms with Gasteiger partial charge in [0.25, 0.3) is 0 Å². The van der Waals surface area contributed by atoms with Gasteiger partial charge in [-0.25, -0.2) is 14.3 Å². The number of aromatic nitrogens is 3. The molecule has 0 unspecified atom stereocenters. The quantitative estimate of drug-likeness (QED) is 0.765. The molecule has 0 aliphatic rings. The van der Waals surface area contributed by atoms with Crippen molar-refractivity contribution in [2.24, 2.45) is 5.92 Å². The summed E-state index contributed by atoms with van der Waals surface area (Å²) in [7, 11) is 1.75. The van der Waals surface area contributed by atoms with Crippen molar-refractivity contribution < 1.29 is 14.7 Å². The van der Waals surface area contributed by atoms with Gasteiger partial charge in [0.15, 0.2) is 5.69 Å². The van der Waals surface area contributed by atoms with Gasteiger partial charge in [-0.1, -0.05) is 19.1 Å². The highest BCUT2D eigenvalue weighted by Crippen LogP contribution is 2.00. The molecular formula is C12H21N5O3. The van der Waals surface area contributed by atoms with E-state index >= 15 is 0 Å². The number of carboxylic acids is 1. The van der Waals surface area contributed by atoms with E-state index in [1.807, 2.05) is 0 Å². The molecule has 1 heterocycles. The van der Waals surface area contributed by atoms with Crippen molar-refractivity contribution in [3.63, 3.8) is 0 Å². The summed E-state index contributed by atoms with van der Waals surface area (Å²) >= 11 is 0. The van der Waals surface area contributed by atoms with Crippen LogP contribution < -0.4 is 5.32 Å². The number of carbonyl (C=O) groups excluding carboxylic acids is 1. The maximum Gasteiger partial charge on any atom is 0.358 e. The van der Waals surface area contributed by atoms with Crippen LogP contribution in [0.1, 0.15) is 30.8 Å². The topological polar surface area (TPSA) is 100 Å². The molecule has 0 saturated heterocycles. The number of nitrogens with zero attached hydrogens (tertiary/aromatic N) is 4. The molecule has 8 nitrogen and oxygen atoms in total. The number of carboxylic acid groups (broad SMARTS) is 1. The second-order valence-electron chi connectivity index (χ2n) is 5.01. The number of nitrogens with one attached hydrogen (secondary N) is 1. The van der Waals surface area contributed by atoms with Crippen LogP contribution >= 0.6 is 0 Å². The van der Waals surface area contributed by atoms with E-state index < -0.39 is 5.97 Å². The lowest BCUT2D eigenvalue weighted by Gasteiger charge is -2.18. The minimum Gasteiger partial charge on any atom is -0.476 e. The predicted octanol–water partition coefficient (Wildman–Crippen LogP) is 0.664. The second kappa shape index (κ2) is 7.46. The van der Waals surface area contributed by atoms with Crippen LogP contribution in [0.4, 0.5) is 4.79 Å². The molecule has 0 aliphatic heterocycles. The van der Waals surface area contributed by atoms with Crippen LogP contribution in [0.2, 0.25) is 0 Å². The summed E-state index contributed by atoms with van der Waals surface area (Å²) in [4.78, 5) is 24.0. The van der Waals surface area contributed by atoms with Crippen LogP contribution in [-0.4, -0.2) is 57.1 Å². The fourth-order valence-electron chi connectivity index (χ4n) is 1.47. The Morgan fingerprint density at radius 2 is 2.20 bits per heavy atom. The zero-order valence-electron chi connectivity index (χ0n) is 12.0. The number of carbonyl (C=O) groups is 2. The molecule has 0 atom stereocenters. The molecule has 112 valence electrons. The van der Waals surface area contributed by atoms with Crippen LogP contribution in [-0.2, 0) is 6.54 Å². The van der Waals surface area contributed by atoms with Gasteiger partial charge in [0.2, 0.25) is 0 Å². The normalized spacial score (nSPS) is 10.6. The van der Waals surface area contributed by atoms with Gasteiger partial charge >= 0.3 is 12.0 Å². The van der Waals surface area contributed by atoms with Crippen LogP contribution in [0, 0.1) is 5.92 Å². The third-order valence-corrected chi connectivity index (χ3v) is 2.76. The molecular weight excluding hydrogens is 262 g/mol. The molecule has 2 N–H and O–H groups in total. The van der Waals surface area contributed by atoms with E-state index in [1.54, 1.807) is 11.9 Å². The van der Waals surface area contributed by atoms with Crippen molar-refractivity contribution in [2.75, 3.05) is 20.1 Å². The van der Waals surface area contributed by atoms with E-state index in [9.17, 15) is 9.59 Å². The maximum atomic E-state index is 11.7. The van der Waals surface area contributed by atoms with Gasteiger partial charge in [0.1, 0.15) is 0 Å². The molecule has 0 spiro atoms. The molecule has 0 aliphatic carbocycles. The van der Waals surface area contributed by atoms with E-state index in [0.29, 0.717) is 25.6 Å². The summed E-state index contributed by atoms with van der Waals surface area (Å²) in [6.07, 6.45) is 2.28. The van der Waals surface area contributed by atoms with Gasteiger partial charge in [-0.3, -0.25) is 0 Å². The van der Waals surface area contributed by atoms with E-state index in [2.05, 4.69) is 29.5 Å². The Balaban J connectivity index is 2.28. The number of hydrogen-bond donors (Lipinski definition) is 2. The average Bonchev–Trinajstić information content (AvgIpc) is 2.84. The van der Waals surface area contributed by atoms with Crippen molar-refractivity contribution >= 4 is 12.0 Å². The van der Waals surface area contributed by atoms with Gasteiger partial charge in [0, 0.05) is 20.1 Å². The van der Waals surface area contributed by atoms with Gasteiger partial charge in [-0.2, -0.15) is 0 Å². The highest BCUT2D eigenvalue weighted by molar-refractivity contribution is 5.84. The average molecular weight is 283 g/mol. The molecule has 20 heavy (non-hydrogen) atoms. The smallest absolute Gasteiger partial charge is 0.358 e. The summed E-state index contributed by atoms with van der Waals surface area (Å²) in [5.41, 5.74) is -0.106. The number of urea groups is 1. The zero-order valence-corrected chi connectivity index (χ0v) is 12.0. The summed E-state index contributed by atoms with van der Waals surface area (Å²) in [6.45, 7) is 5.67. The van der Waals surface area contributed by atoms with Crippen LogP contribution in [0.25, 0.3) is 0 Å². The van der Waals surface area contributed by atoms with Gasteiger partial charge in [0.05, 0.1) is 12.7 Å². The summed E-state index contributed by atoms with van der Waals surface area (Å²) in [5.74, 6) is -0.566. The first-order chi connectivity index (χ1) is 9.40. The first-order valence-electron chi connectivity index (χ1n) is 6.52. The molecule has 0 saturated carbocycles. The predicted molar refractivity (Wildman–Crippen MR) is 72.5 cm³/mol. The Bertz CT molecular complexity index is 458.